The Kier molecular flexibility index (Phi) is 4.51. The van der Waals surface area contributed by atoms with Gasteiger partial charge in [0.25, 0.3) is 0 Å². The van der Waals surface area contributed by atoms with E-state index in [1.54, 1.807) is 6.08 Å². The Hall–Kier alpha value is -2.35. The zero-order valence-corrected chi connectivity index (χ0v) is 10.8. The molecule has 19 heavy (non-hydrogen) atoms. The molecule has 2 aromatic rings. The Morgan fingerprint density at radius 3 is 2.21 bits per heavy atom. The van der Waals surface area contributed by atoms with Crippen molar-refractivity contribution < 1.29 is 4.79 Å². The highest BCUT2D eigenvalue weighted by atomic mass is 16.1. The molecular weight excluding hydrogens is 234 g/mol. The average molecular weight is 251 g/mol. The van der Waals surface area contributed by atoms with Crippen LogP contribution in [-0.4, -0.2) is 5.91 Å². The summed E-state index contributed by atoms with van der Waals surface area (Å²) in [5, 5.41) is 2.97. The average Bonchev–Trinajstić information content (AvgIpc) is 2.47. The summed E-state index contributed by atoms with van der Waals surface area (Å²) >= 11 is 0. The van der Waals surface area contributed by atoms with Gasteiger partial charge < -0.3 is 5.32 Å². The van der Waals surface area contributed by atoms with Crippen LogP contribution in [0.15, 0.2) is 73.3 Å². The summed E-state index contributed by atoms with van der Waals surface area (Å²) in [6.07, 6.45) is 2.14. The first-order valence-electron chi connectivity index (χ1n) is 6.30. The quantitative estimate of drug-likeness (QED) is 0.812. The third-order valence-corrected chi connectivity index (χ3v) is 2.92. The molecular formula is C17H17NO. The lowest BCUT2D eigenvalue weighted by Crippen LogP contribution is -2.28. The van der Waals surface area contributed by atoms with E-state index >= 15 is 0 Å². The van der Waals surface area contributed by atoms with Crippen molar-refractivity contribution >= 4 is 5.91 Å². The topological polar surface area (TPSA) is 29.1 Å². The number of nitrogens with one attached hydrogen (secondary N) is 1. The second-order valence-electron chi connectivity index (χ2n) is 4.35. The van der Waals surface area contributed by atoms with Crippen LogP contribution in [0.3, 0.4) is 0 Å². The summed E-state index contributed by atoms with van der Waals surface area (Å²) in [4.78, 5) is 12.0. The highest BCUT2D eigenvalue weighted by molar-refractivity contribution is 5.79. The molecule has 0 saturated heterocycles. The van der Waals surface area contributed by atoms with Crippen LogP contribution in [0.4, 0.5) is 0 Å². The van der Waals surface area contributed by atoms with Gasteiger partial charge in [0, 0.05) is 0 Å². The number of amides is 1. The van der Waals surface area contributed by atoms with Crippen molar-refractivity contribution in [2.45, 2.75) is 12.5 Å². The fourth-order valence-corrected chi connectivity index (χ4v) is 1.94. The number of hydrogen-bond acceptors (Lipinski definition) is 1. The van der Waals surface area contributed by atoms with Gasteiger partial charge in [-0.2, -0.15) is 0 Å². The Bertz CT molecular complexity index is 534. The Labute approximate surface area is 113 Å². The summed E-state index contributed by atoms with van der Waals surface area (Å²) in [6, 6.07) is 19.4. The molecule has 1 atom stereocenters. The normalized spacial score (nSPS) is 11.6. The Balaban J connectivity index is 1.99. The van der Waals surface area contributed by atoms with Crippen molar-refractivity contribution in [2.24, 2.45) is 0 Å². The molecule has 0 saturated carbocycles. The lowest BCUT2D eigenvalue weighted by atomic mass is 10.1. The molecule has 1 amide bonds. The van der Waals surface area contributed by atoms with Crippen LogP contribution in [0, 0.1) is 0 Å². The van der Waals surface area contributed by atoms with E-state index in [1.807, 2.05) is 60.7 Å². The van der Waals surface area contributed by atoms with Gasteiger partial charge in [-0.1, -0.05) is 66.7 Å². The molecule has 2 nitrogen and oxygen atoms in total. The van der Waals surface area contributed by atoms with Gasteiger partial charge in [0.05, 0.1) is 12.5 Å². The second-order valence-corrected chi connectivity index (χ2v) is 4.35. The van der Waals surface area contributed by atoms with Gasteiger partial charge >= 0.3 is 0 Å². The summed E-state index contributed by atoms with van der Waals surface area (Å²) < 4.78 is 0. The van der Waals surface area contributed by atoms with Crippen molar-refractivity contribution in [3.8, 4) is 0 Å². The molecule has 0 spiro atoms. The molecule has 0 fully saturated rings. The van der Waals surface area contributed by atoms with E-state index in [0.29, 0.717) is 6.42 Å². The summed E-state index contributed by atoms with van der Waals surface area (Å²) in [7, 11) is 0. The minimum absolute atomic E-state index is 0.0000435. The molecule has 0 aromatic heterocycles. The van der Waals surface area contributed by atoms with Crippen LogP contribution in [0.25, 0.3) is 0 Å². The van der Waals surface area contributed by atoms with Crippen molar-refractivity contribution in [3.63, 3.8) is 0 Å². The van der Waals surface area contributed by atoms with Crippen molar-refractivity contribution in [1.82, 2.24) is 5.32 Å². The molecule has 1 N–H and O–H groups in total. The van der Waals surface area contributed by atoms with E-state index in [2.05, 4.69) is 11.9 Å². The SMILES string of the molecule is C=C[C@@H](NC(=O)Cc1ccccc1)c1ccccc1. The zero-order valence-electron chi connectivity index (χ0n) is 10.8. The first-order valence-corrected chi connectivity index (χ1v) is 6.30. The molecule has 2 heteroatoms. The lowest BCUT2D eigenvalue weighted by molar-refractivity contribution is -0.120. The number of rotatable bonds is 5. The molecule has 2 rings (SSSR count). The maximum absolute atomic E-state index is 12.0. The van der Waals surface area contributed by atoms with Crippen molar-refractivity contribution in [2.75, 3.05) is 0 Å². The molecule has 96 valence electrons. The van der Waals surface area contributed by atoms with Crippen LogP contribution < -0.4 is 5.32 Å². The second kappa shape index (κ2) is 6.55. The maximum atomic E-state index is 12.0. The van der Waals surface area contributed by atoms with E-state index in [4.69, 9.17) is 0 Å². The molecule has 0 bridgehead atoms. The van der Waals surface area contributed by atoms with E-state index in [-0.39, 0.29) is 11.9 Å². The van der Waals surface area contributed by atoms with Gasteiger partial charge in [0.1, 0.15) is 0 Å². The predicted octanol–water partition coefficient (Wildman–Crippen LogP) is 3.27. The highest BCUT2D eigenvalue weighted by Crippen LogP contribution is 2.13. The molecule has 0 aliphatic heterocycles. The van der Waals surface area contributed by atoms with Crippen LogP contribution >= 0.6 is 0 Å². The van der Waals surface area contributed by atoms with Gasteiger partial charge in [0.15, 0.2) is 0 Å². The first-order chi connectivity index (χ1) is 9.29. The van der Waals surface area contributed by atoms with Gasteiger partial charge in [0.2, 0.25) is 5.91 Å². The van der Waals surface area contributed by atoms with Gasteiger partial charge in [-0.25, -0.2) is 0 Å². The Morgan fingerprint density at radius 1 is 1.05 bits per heavy atom. The number of carbonyl (C=O) groups is 1. The fourth-order valence-electron chi connectivity index (χ4n) is 1.94. The summed E-state index contributed by atoms with van der Waals surface area (Å²) in [6.45, 7) is 3.78. The predicted molar refractivity (Wildman–Crippen MR) is 77.7 cm³/mol. The largest absolute Gasteiger partial charge is 0.346 e. The summed E-state index contributed by atoms with van der Waals surface area (Å²) in [5.41, 5.74) is 2.05. The maximum Gasteiger partial charge on any atom is 0.225 e. The molecule has 2 aromatic carbocycles. The minimum Gasteiger partial charge on any atom is -0.346 e. The standard InChI is InChI=1S/C17H17NO/c1-2-16(15-11-7-4-8-12-15)18-17(19)13-14-9-5-3-6-10-14/h2-12,16H,1,13H2,(H,18,19)/t16-/m1/s1. The smallest absolute Gasteiger partial charge is 0.225 e. The molecule has 0 radical (unpaired) electrons. The van der Waals surface area contributed by atoms with Gasteiger partial charge in [-0.05, 0) is 11.1 Å². The van der Waals surface area contributed by atoms with Crippen LogP contribution in [0.1, 0.15) is 17.2 Å². The molecule has 0 unspecified atom stereocenters. The van der Waals surface area contributed by atoms with E-state index in [1.165, 1.54) is 0 Å². The monoisotopic (exact) mass is 251 g/mol. The highest BCUT2D eigenvalue weighted by Gasteiger charge is 2.10. The van der Waals surface area contributed by atoms with Crippen molar-refractivity contribution in [3.05, 3.63) is 84.4 Å². The zero-order chi connectivity index (χ0) is 13.5. The molecule has 0 aliphatic carbocycles. The van der Waals surface area contributed by atoms with Gasteiger partial charge in [-0.15, -0.1) is 6.58 Å². The van der Waals surface area contributed by atoms with Crippen LogP contribution in [-0.2, 0) is 11.2 Å². The fraction of sp³-hybridized carbons (Fsp3) is 0.118. The number of hydrogen-bond donors (Lipinski definition) is 1. The summed E-state index contributed by atoms with van der Waals surface area (Å²) in [5.74, 6) is -0.0000435. The lowest BCUT2D eigenvalue weighted by Gasteiger charge is -2.15. The third-order valence-electron chi connectivity index (χ3n) is 2.92. The van der Waals surface area contributed by atoms with E-state index < -0.39 is 0 Å². The van der Waals surface area contributed by atoms with Crippen molar-refractivity contribution in [1.29, 1.82) is 0 Å². The van der Waals surface area contributed by atoms with Crippen LogP contribution in [0.5, 0.6) is 0 Å². The third kappa shape index (κ3) is 3.81. The Morgan fingerprint density at radius 2 is 1.63 bits per heavy atom. The molecule has 0 aliphatic rings. The van der Waals surface area contributed by atoms with E-state index in [9.17, 15) is 4.79 Å². The van der Waals surface area contributed by atoms with E-state index in [0.717, 1.165) is 11.1 Å². The van der Waals surface area contributed by atoms with Gasteiger partial charge in [-0.3, -0.25) is 4.79 Å². The molecule has 0 heterocycles. The number of carbonyl (C=O) groups excluding carboxylic acids is 1. The first kappa shape index (κ1) is 13.1. The minimum atomic E-state index is -0.141. The van der Waals surface area contributed by atoms with Crippen LogP contribution in [0.2, 0.25) is 0 Å². The number of benzene rings is 2.